The van der Waals surface area contributed by atoms with E-state index in [2.05, 4.69) is 16.6 Å². The van der Waals surface area contributed by atoms with Crippen LogP contribution in [0, 0.1) is 11.8 Å². The van der Waals surface area contributed by atoms with E-state index >= 15 is 0 Å². The number of amides is 1. The van der Waals surface area contributed by atoms with Crippen LogP contribution < -0.4 is 0 Å². The average Bonchev–Trinajstić information content (AvgIpc) is 2.60. The minimum absolute atomic E-state index is 0.375. The van der Waals surface area contributed by atoms with Gasteiger partial charge in [0.1, 0.15) is 5.60 Å². The van der Waals surface area contributed by atoms with Crippen molar-refractivity contribution >= 4 is 12.2 Å². The second-order valence-electron chi connectivity index (χ2n) is 7.13. The van der Waals surface area contributed by atoms with Crippen LogP contribution >= 0.6 is 0 Å². The molecule has 0 saturated carbocycles. The maximum absolute atomic E-state index is 12.2. The largest absolute Gasteiger partial charge is 0.509 e. The van der Waals surface area contributed by atoms with Gasteiger partial charge in [0, 0.05) is 31.5 Å². The first-order chi connectivity index (χ1) is 12.2. The highest BCUT2D eigenvalue weighted by molar-refractivity contribution is 5.68. The molecule has 0 N–H and O–H groups in total. The van der Waals surface area contributed by atoms with Gasteiger partial charge in [0.25, 0.3) is 0 Å². The smallest absolute Gasteiger partial charge is 0.444 e. The van der Waals surface area contributed by atoms with Crippen LogP contribution in [0.2, 0.25) is 0 Å². The summed E-state index contributed by atoms with van der Waals surface area (Å²) in [5.74, 6) is 6.12. The van der Waals surface area contributed by atoms with Crippen molar-refractivity contribution in [2.45, 2.75) is 44.8 Å². The van der Waals surface area contributed by atoms with Crippen molar-refractivity contribution in [3.8, 4) is 11.8 Å². The first kappa shape index (κ1) is 19.6. The number of benzene rings is 1. The van der Waals surface area contributed by atoms with E-state index < -0.39 is 17.4 Å². The number of methoxy groups -OCH3 is 1. The number of hydrogen-bond donors (Lipinski definition) is 0. The Morgan fingerprint density at radius 2 is 1.73 bits per heavy atom. The van der Waals surface area contributed by atoms with Crippen LogP contribution in [0.4, 0.5) is 9.59 Å². The Hall–Kier alpha value is -2.68. The van der Waals surface area contributed by atoms with Gasteiger partial charge in [0.05, 0.1) is 7.11 Å². The summed E-state index contributed by atoms with van der Waals surface area (Å²) >= 11 is 0. The van der Waals surface area contributed by atoms with Gasteiger partial charge in [-0.3, -0.25) is 0 Å². The molecule has 0 aromatic heterocycles. The molecule has 1 aliphatic heterocycles. The second kappa shape index (κ2) is 8.13. The van der Waals surface area contributed by atoms with Crippen molar-refractivity contribution in [1.82, 2.24) is 4.90 Å². The van der Waals surface area contributed by atoms with Crippen molar-refractivity contribution in [3.63, 3.8) is 0 Å². The van der Waals surface area contributed by atoms with Crippen LogP contribution in [0.1, 0.15) is 39.2 Å². The molecule has 6 nitrogen and oxygen atoms in total. The second-order valence-corrected chi connectivity index (χ2v) is 7.13. The standard InChI is InChI=1S/C20H25NO5/c1-19(2,3)25-17(22)21-14-12-20(13-15-21,26-18(23)24-4)11-10-16-8-6-5-7-9-16/h5-9H,12-15H2,1-4H3. The number of nitrogens with zero attached hydrogens (tertiary/aromatic N) is 1. The fourth-order valence-corrected chi connectivity index (χ4v) is 2.54. The van der Waals surface area contributed by atoms with Gasteiger partial charge in [-0.2, -0.15) is 0 Å². The fraction of sp³-hybridized carbons (Fsp3) is 0.500. The van der Waals surface area contributed by atoms with Gasteiger partial charge in [-0.1, -0.05) is 24.1 Å². The molecule has 2 rings (SSSR count). The van der Waals surface area contributed by atoms with Gasteiger partial charge < -0.3 is 19.1 Å². The Kier molecular flexibility index (Phi) is 6.14. The lowest BCUT2D eigenvalue weighted by Crippen LogP contribution is -2.49. The predicted molar refractivity (Wildman–Crippen MR) is 96.6 cm³/mol. The third kappa shape index (κ3) is 5.69. The number of carbonyl (C=O) groups is 2. The van der Waals surface area contributed by atoms with E-state index in [-0.39, 0.29) is 6.09 Å². The molecule has 0 spiro atoms. The molecule has 1 aliphatic rings. The summed E-state index contributed by atoms with van der Waals surface area (Å²) < 4.78 is 15.5. The predicted octanol–water partition coefficient (Wildman–Crippen LogP) is 3.59. The van der Waals surface area contributed by atoms with Crippen LogP contribution in [0.25, 0.3) is 0 Å². The monoisotopic (exact) mass is 359 g/mol. The molecule has 0 unspecified atom stereocenters. The third-order valence-corrected chi connectivity index (χ3v) is 3.88. The SMILES string of the molecule is COC(=O)OC1(C#Cc2ccccc2)CCN(C(=O)OC(C)(C)C)CC1. The summed E-state index contributed by atoms with van der Waals surface area (Å²) in [6, 6.07) is 9.46. The lowest BCUT2D eigenvalue weighted by atomic mass is 9.91. The normalized spacial score (nSPS) is 16.1. The quantitative estimate of drug-likeness (QED) is 0.566. The van der Waals surface area contributed by atoms with Crippen molar-refractivity contribution < 1.29 is 23.8 Å². The molecule has 0 radical (unpaired) electrons. The number of carbonyl (C=O) groups excluding carboxylic acids is 2. The van der Waals surface area contributed by atoms with Crippen molar-refractivity contribution in [1.29, 1.82) is 0 Å². The molecular formula is C20H25NO5. The molecule has 6 heteroatoms. The van der Waals surface area contributed by atoms with Crippen molar-refractivity contribution in [2.24, 2.45) is 0 Å². The Morgan fingerprint density at radius 3 is 2.27 bits per heavy atom. The van der Waals surface area contributed by atoms with E-state index in [1.807, 2.05) is 51.1 Å². The zero-order valence-electron chi connectivity index (χ0n) is 15.7. The highest BCUT2D eigenvalue weighted by atomic mass is 16.7. The zero-order chi connectivity index (χ0) is 19.2. The van der Waals surface area contributed by atoms with Gasteiger partial charge in [-0.25, -0.2) is 9.59 Å². The lowest BCUT2D eigenvalue weighted by molar-refractivity contribution is -0.0338. The number of hydrogen-bond acceptors (Lipinski definition) is 5. The van der Waals surface area contributed by atoms with Crippen LogP contribution in [-0.4, -0.2) is 48.5 Å². The van der Waals surface area contributed by atoms with Crippen molar-refractivity contribution in [2.75, 3.05) is 20.2 Å². The molecule has 1 amide bonds. The Bertz CT molecular complexity index is 688. The topological polar surface area (TPSA) is 65.1 Å². The fourth-order valence-electron chi connectivity index (χ4n) is 2.54. The van der Waals surface area contributed by atoms with Crippen LogP contribution in [0.5, 0.6) is 0 Å². The summed E-state index contributed by atoms with van der Waals surface area (Å²) in [5, 5.41) is 0. The Balaban J connectivity index is 2.12. The third-order valence-electron chi connectivity index (χ3n) is 3.88. The van der Waals surface area contributed by atoms with Gasteiger partial charge in [0.15, 0.2) is 5.60 Å². The average molecular weight is 359 g/mol. The summed E-state index contributed by atoms with van der Waals surface area (Å²) in [6.45, 7) is 6.24. The van der Waals surface area contributed by atoms with E-state index in [4.69, 9.17) is 9.47 Å². The Labute approximate surface area is 154 Å². The molecule has 0 bridgehead atoms. The summed E-state index contributed by atoms with van der Waals surface area (Å²) in [4.78, 5) is 25.5. The minimum atomic E-state index is -0.985. The molecular weight excluding hydrogens is 334 g/mol. The van der Waals surface area contributed by atoms with Gasteiger partial charge in [-0.05, 0) is 38.8 Å². The number of likely N-dealkylation sites (tertiary alicyclic amines) is 1. The molecule has 140 valence electrons. The molecule has 1 saturated heterocycles. The highest BCUT2D eigenvalue weighted by Crippen LogP contribution is 2.27. The molecule has 1 fully saturated rings. The van der Waals surface area contributed by atoms with Gasteiger partial charge in [0.2, 0.25) is 0 Å². The van der Waals surface area contributed by atoms with Gasteiger partial charge >= 0.3 is 12.2 Å². The molecule has 1 heterocycles. The van der Waals surface area contributed by atoms with E-state index in [9.17, 15) is 9.59 Å². The lowest BCUT2D eigenvalue weighted by Gasteiger charge is -2.37. The van der Waals surface area contributed by atoms with E-state index in [0.29, 0.717) is 25.9 Å². The Morgan fingerprint density at radius 1 is 1.12 bits per heavy atom. The first-order valence-electron chi connectivity index (χ1n) is 8.56. The van der Waals surface area contributed by atoms with Crippen LogP contribution in [0.15, 0.2) is 30.3 Å². The molecule has 0 aliphatic carbocycles. The van der Waals surface area contributed by atoms with Crippen LogP contribution in [0.3, 0.4) is 0 Å². The highest BCUT2D eigenvalue weighted by Gasteiger charge is 2.39. The van der Waals surface area contributed by atoms with E-state index in [1.54, 1.807) is 4.90 Å². The molecule has 0 atom stereocenters. The molecule has 1 aromatic rings. The number of rotatable bonds is 1. The minimum Gasteiger partial charge on any atom is -0.444 e. The van der Waals surface area contributed by atoms with Crippen LogP contribution in [-0.2, 0) is 14.2 Å². The first-order valence-corrected chi connectivity index (χ1v) is 8.56. The maximum atomic E-state index is 12.2. The number of piperidine rings is 1. The zero-order valence-corrected chi connectivity index (χ0v) is 15.7. The molecule has 26 heavy (non-hydrogen) atoms. The maximum Gasteiger partial charge on any atom is 0.509 e. The molecule has 1 aromatic carbocycles. The summed E-state index contributed by atoms with van der Waals surface area (Å²) in [5.41, 5.74) is -0.710. The number of ether oxygens (including phenoxy) is 3. The van der Waals surface area contributed by atoms with Crippen molar-refractivity contribution in [3.05, 3.63) is 35.9 Å². The van der Waals surface area contributed by atoms with E-state index in [1.165, 1.54) is 7.11 Å². The summed E-state index contributed by atoms with van der Waals surface area (Å²) in [6.07, 6.45) is -0.374. The summed E-state index contributed by atoms with van der Waals surface area (Å²) in [7, 11) is 1.26. The van der Waals surface area contributed by atoms with Gasteiger partial charge in [-0.15, -0.1) is 0 Å². The van der Waals surface area contributed by atoms with E-state index in [0.717, 1.165) is 5.56 Å².